The van der Waals surface area contributed by atoms with Crippen molar-refractivity contribution in [2.45, 2.75) is 59.2 Å². The van der Waals surface area contributed by atoms with Crippen molar-refractivity contribution in [3.8, 4) is 0 Å². The molecule has 0 saturated carbocycles. The maximum absolute atomic E-state index is 12.2. The molecule has 0 bridgehead atoms. The number of carbonyl (C=O) groups excluding carboxylic acids is 1. The van der Waals surface area contributed by atoms with Crippen LogP contribution in [0.3, 0.4) is 0 Å². The third-order valence-electron chi connectivity index (χ3n) is 3.52. The number of amides is 1. The fourth-order valence-electron chi connectivity index (χ4n) is 2.46. The van der Waals surface area contributed by atoms with Crippen molar-refractivity contribution in [2.75, 3.05) is 19.6 Å². The quantitative estimate of drug-likeness (QED) is 0.851. The molecule has 7 heteroatoms. The molecule has 1 aliphatic heterocycles. The molecule has 1 fully saturated rings. The van der Waals surface area contributed by atoms with E-state index in [1.54, 1.807) is 4.90 Å². The number of rotatable bonds is 3. The molecule has 1 aliphatic rings. The van der Waals surface area contributed by atoms with Crippen LogP contribution in [0.15, 0.2) is 4.52 Å². The number of nitrogens with zero attached hydrogens (tertiary/aromatic N) is 4. The fraction of sp³-hybridized carbons (Fsp3) is 0.800. The Bertz CT molecular complexity index is 509. The molecular weight excluding hydrogens is 284 g/mol. The Morgan fingerprint density at radius 1 is 1.41 bits per heavy atom. The van der Waals surface area contributed by atoms with Crippen molar-refractivity contribution in [3.05, 3.63) is 11.7 Å². The largest absolute Gasteiger partial charge is 0.444 e. The van der Waals surface area contributed by atoms with Crippen LogP contribution in [0.5, 0.6) is 0 Å². The van der Waals surface area contributed by atoms with Crippen LogP contribution in [0.1, 0.15) is 46.3 Å². The average Bonchev–Trinajstić information content (AvgIpc) is 2.84. The minimum Gasteiger partial charge on any atom is -0.444 e. The smallest absolute Gasteiger partial charge is 0.410 e. The zero-order chi connectivity index (χ0) is 16.3. The lowest BCUT2D eigenvalue weighted by molar-refractivity contribution is -0.000450. The zero-order valence-corrected chi connectivity index (χ0v) is 14.1. The molecule has 0 unspecified atom stereocenters. The molecule has 1 atom stereocenters. The predicted octanol–water partition coefficient (Wildman–Crippen LogP) is 2.07. The molecule has 1 aromatic heterocycles. The van der Waals surface area contributed by atoms with Crippen LogP contribution in [0.4, 0.5) is 4.79 Å². The third kappa shape index (κ3) is 4.43. The van der Waals surface area contributed by atoms with E-state index in [1.165, 1.54) is 0 Å². The monoisotopic (exact) mass is 310 g/mol. The normalized spacial score (nSPS) is 20.2. The van der Waals surface area contributed by atoms with Crippen LogP contribution in [0.25, 0.3) is 0 Å². The van der Waals surface area contributed by atoms with Gasteiger partial charge in [0.25, 0.3) is 0 Å². The highest BCUT2D eigenvalue weighted by molar-refractivity contribution is 5.68. The lowest BCUT2D eigenvalue weighted by atomic mass is 10.2. The van der Waals surface area contributed by atoms with Crippen molar-refractivity contribution in [1.29, 1.82) is 0 Å². The molecule has 1 aromatic rings. The van der Waals surface area contributed by atoms with E-state index in [4.69, 9.17) is 9.26 Å². The van der Waals surface area contributed by atoms with Crippen LogP contribution in [-0.4, -0.2) is 57.3 Å². The number of hydrogen-bond acceptors (Lipinski definition) is 6. The summed E-state index contributed by atoms with van der Waals surface area (Å²) < 4.78 is 10.7. The molecule has 1 amide bonds. The van der Waals surface area contributed by atoms with E-state index in [0.29, 0.717) is 19.0 Å². The van der Waals surface area contributed by atoms with E-state index >= 15 is 0 Å². The van der Waals surface area contributed by atoms with Crippen LogP contribution in [0, 0.1) is 0 Å². The van der Waals surface area contributed by atoms with Gasteiger partial charge in [0.2, 0.25) is 5.89 Å². The number of piperazine rings is 1. The first-order valence-corrected chi connectivity index (χ1v) is 7.82. The van der Waals surface area contributed by atoms with E-state index in [0.717, 1.165) is 25.3 Å². The lowest BCUT2D eigenvalue weighted by Gasteiger charge is -2.39. The van der Waals surface area contributed by atoms with Crippen molar-refractivity contribution in [1.82, 2.24) is 19.9 Å². The molecule has 2 rings (SSSR count). The highest BCUT2D eigenvalue weighted by Gasteiger charge is 2.31. The Labute approximate surface area is 131 Å². The summed E-state index contributed by atoms with van der Waals surface area (Å²) in [6.45, 7) is 12.5. The van der Waals surface area contributed by atoms with Gasteiger partial charge < -0.3 is 14.2 Å². The van der Waals surface area contributed by atoms with Gasteiger partial charge in [0.1, 0.15) is 5.60 Å². The first-order valence-electron chi connectivity index (χ1n) is 7.82. The Hall–Kier alpha value is -1.63. The Morgan fingerprint density at radius 2 is 2.14 bits per heavy atom. The van der Waals surface area contributed by atoms with Crippen molar-refractivity contribution in [2.24, 2.45) is 0 Å². The van der Waals surface area contributed by atoms with Crippen molar-refractivity contribution < 1.29 is 14.1 Å². The van der Waals surface area contributed by atoms with Gasteiger partial charge in [-0.25, -0.2) is 4.79 Å². The maximum Gasteiger partial charge on any atom is 0.410 e. The van der Waals surface area contributed by atoms with Gasteiger partial charge in [0.15, 0.2) is 5.82 Å². The van der Waals surface area contributed by atoms with Crippen LogP contribution in [-0.2, 0) is 17.7 Å². The molecule has 0 aliphatic carbocycles. The Balaban J connectivity index is 1.88. The highest BCUT2D eigenvalue weighted by Crippen LogP contribution is 2.16. The molecule has 0 N–H and O–H groups in total. The van der Waals surface area contributed by atoms with E-state index < -0.39 is 5.60 Å². The molecule has 0 spiro atoms. The molecule has 1 saturated heterocycles. The SMILES string of the molecule is CCc1noc(CN2CCN(C(=O)OC(C)(C)C)[C@H](C)C2)n1. The van der Waals surface area contributed by atoms with Gasteiger partial charge in [-0.2, -0.15) is 4.98 Å². The Kier molecular flexibility index (Phi) is 5.05. The van der Waals surface area contributed by atoms with Gasteiger partial charge in [-0.1, -0.05) is 12.1 Å². The van der Waals surface area contributed by atoms with Crippen LogP contribution >= 0.6 is 0 Å². The second-order valence-electron chi connectivity index (χ2n) is 6.72. The summed E-state index contributed by atoms with van der Waals surface area (Å²) in [7, 11) is 0. The van der Waals surface area contributed by atoms with Gasteiger partial charge in [-0.15, -0.1) is 0 Å². The summed E-state index contributed by atoms with van der Waals surface area (Å²) in [4.78, 5) is 20.5. The van der Waals surface area contributed by atoms with Gasteiger partial charge in [0.05, 0.1) is 6.54 Å². The lowest BCUT2D eigenvalue weighted by Crippen LogP contribution is -2.54. The van der Waals surface area contributed by atoms with Gasteiger partial charge in [-0.05, 0) is 27.7 Å². The first kappa shape index (κ1) is 16.7. The van der Waals surface area contributed by atoms with Crippen molar-refractivity contribution >= 4 is 6.09 Å². The van der Waals surface area contributed by atoms with E-state index in [9.17, 15) is 4.79 Å². The molecule has 22 heavy (non-hydrogen) atoms. The zero-order valence-electron chi connectivity index (χ0n) is 14.1. The summed E-state index contributed by atoms with van der Waals surface area (Å²) >= 11 is 0. The number of carbonyl (C=O) groups is 1. The molecule has 2 heterocycles. The summed E-state index contributed by atoms with van der Waals surface area (Å²) in [5, 5.41) is 3.91. The number of aromatic nitrogens is 2. The van der Waals surface area contributed by atoms with Crippen molar-refractivity contribution in [3.63, 3.8) is 0 Å². The predicted molar refractivity (Wildman–Crippen MR) is 81.4 cm³/mol. The topological polar surface area (TPSA) is 71.7 Å². The van der Waals surface area contributed by atoms with Gasteiger partial charge in [0, 0.05) is 32.1 Å². The molecule has 0 radical (unpaired) electrons. The van der Waals surface area contributed by atoms with E-state index in [-0.39, 0.29) is 12.1 Å². The molecule has 0 aromatic carbocycles. The van der Waals surface area contributed by atoms with Gasteiger partial charge in [-0.3, -0.25) is 4.90 Å². The highest BCUT2D eigenvalue weighted by atomic mass is 16.6. The Morgan fingerprint density at radius 3 is 2.68 bits per heavy atom. The molecular formula is C15H26N4O3. The standard InChI is InChI=1S/C15H26N4O3/c1-6-12-16-13(22-17-12)10-18-7-8-19(11(2)9-18)14(20)21-15(3,4)5/h11H,6-10H2,1-5H3/t11-/m1/s1. The number of ether oxygens (including phenoxy) is 1. The summed E-state index contributed by atoms with van der Waals surface area (Å²) in [5.74, 6) is 1.37. The molecule has 124 valence electrons. The average molecular weight is 310 g/mol. The van der Waals surface area contributed by atoms with Gasteiger partial charge >= 0.3 is 6.09 Å². The summed E-state index contributed by atoms with van der Waals surface area (Å²) in [5.41, 5.74) is -0.464. The second kappa shape index (κ2) is 6.64. The number of hydrogen-bond donors (Lipinski definition) is 0. The van der Waals surface area contributed by atoms with E-state index in [1.807, 2.05) is 34.6 Å². The summed E-state index contributed by atoms with van der Waals surface area (Å²) in [6, 6.07) is 0.0946. The maximum atomic E-state index is 12.2. The minimum atomic E-state index is -0.464. The second-order valence-corrected chi connectivity index (χ2v) is 6.72. The summed E-state index contributed by atoms with van der Waals surface area (Å²) in [6.07, 6.45) is 0.525. The fourth-order valence-corrected chi connectivity index (χ4v) is 2.46. The van der Waals surface area contributed by atoms with Crippen LogP contribution < -0.4 is 0 Å². The number of aryl methyl sites for hydroxylation is 1. The van der Waals surface area contributed by atoms with E-state index in [2.05, 4.69) is 15.0 Å². The molecule has 7 nitrogen and oxygen atoms in total. The first-order chi connectivity index (χ1) is 10.3. The third-order valence-corrected chi connectivity index (χ3v) is 3.52. The minimum absolute atomic E-state index is 0.0946. The van der Waals surface area contributed by atoms with Crippen LogP contribution in [0.2, 0.25) is 0 Å².